The predicted molar refractivity (Wildman–Crippen MR) is 132 cm³/mol. The zero-order valence-corrected chi connectivity index (χ0v) is 21.6. The molecule has 8 heteroatoms. The number of hydrogen-bond donors (Lipinski definition) is 2. The van der Waals surface area contributed by atoms with Gasteiger partial charge in [-0.3, -0.25) is 9.59 Å². The molecule has 1 aromatic carbocycles. The summed E-state index contributed by atoms with van der Waals surface area (Å²) in [5.74, 6) is 0.312. The molecule has 0 unspecified atom stereocenters. The minimum absolute atomic E-state index is 0.114. The van der Waals surface area contributed by atoms with E-state index in [2.05, 4.69) is 10.6 Å². The monoisotopic (exact) mass is 472 g/mol. The Morgan fingerprint density at radius 1 is 1.15 bits per heavy atom. The molecule has 2 aliphatic rings. The molecule has 2 heterocycles. The molecule has 0 aromatic heterocycles. The summed E-state index contributed by atoms with van der Waals surface area (Å²) in [4.78, 5) is 42.9. The van der Waals surface area contributed by atoms with E-state index in [4.69, 9.17) is 4.74 Å². The Balaban J connectivity index is 1.89. The van der Waals surface area contributed by atoms with Crippen molar-refractivity contribution in [1.82, 2.24) is 20.4 Å². The van der Waals surface area contributed by atoms with E-state index >= 15 is 0 Å². The van der Waals surface area contributed by atoms with Gasteiger partial charge in [-0.2, -0.15) is 0 Å². The van der Waals surface area contributed by atoms with Crippen molar-refractivity contribution in [3.05, 3.63) is 29.8 Å². The second-order valence-electron chi connectivity index (χ2n) is 10.7. The van der Waals surface area contributed by atoms with Crippen LogP contribution in [0.4, 0.5) is 4.79 Å². The third-order valence-corrected chi connectivity index (χ3v) is 7.10. The average molecular weight is 473 g/mol. The van der Waals surface area contributed by atoms with Gasteiger partial charge in [0.1, 0.15) is 17.9 Å². The zero-order valence-electron chi connectivity index (χ0n) is 21.6. The maximum absolute atomic E-state index is 13.9. The fraction of sp³-hybridized carbons (Fsp3) is 0.654. The number of hydrogen-bond acceptors (Lipinski definition) is 4. The predicted octanol–water partition coefficient (Wildman–Crippen LogP) is 2.94. The SMILES string of the molecule is CC[C@@H](C)C(=O)N[C@H](C(=O)N1CC[C@@H]2[C@H]1[C@@H](Oc1ccc(C)cc1)CN2C(=O)NC)C(C)(C)C. The molecular formula is C26H40N4O4. The summed E-state index contributed by atoms with van der Waals surface area (Å²) in [6, 6.07) is 6.54. The minimum atomic E-state index is -0.665. The number of ether oxygens (including phenoxy) is 1. The summed E-state index contributed by atoms with van der Waals surface area (Å²) in [6.07, 6.45) is 1.02. The molecule has 8 nitrogen and oxygen atoms in total. The van der Waals surface area contributed by atoms with Crippen LogP contribution in [0.5, 0.6) is 5.75 Å². The van der Waals surface area contributed by atoms with E-state index in [0.29, 0.717) is 31.7 Å². The van der Waals surface area contributed by atoms with Crippen molar-refractivity contribution in [3.63, 3.8) is 0 Å². The van der Waals surface area contributed by atoms with Crippen molar-refractivity contribution in [3.8, 4) is 5.75 Å². The number of nitrogens with zero attached hydrogens (tertiary/aromatic N) is 2. The number of benzene rings is 1. The third kappa shape index (κ3) is 5.31. The average Bonchev–Trinajstić information content (AvgIpc) is 3.38. The van der Waals surface area contributed by atoms with Crippen molar-refractivity contribution in [2.75, 3.05) is 20.1 Å². The summed E-state index contributed by atoms with van der Waals surface area (Å²) in [7, 11) is 1.61. The molecule has 2 aliphatic heterocycles. The van der Waals surface area contributed by atoms with Crippen LogP contribution in [0, 0.1) is 18.3 Å². The number of carbonyl (C=O) groups is 3. The highest BCUT2D eigenvalue weighted by Gasteiger charge is 2.54. The molecule has 2 fully saturated rings. The quantitative estimate of drug-likeness (QED) is 0.666. The maximum atomic E-state index is 13.9. The standard InChI is InChI=1S/C26H40N4O4/c1-8-17(3)23(31)28-22(26(4,5)6)24(32)29-14-13-19-21(29)20(15-30(19)25(33)27-7)34-18-11-9-16(2)10-12-18/h9-12,17,19-22H,8,13-15H2,1-7H3,(H,27,33)(H,28,31)/t17-,19-,20+,21+,22-/m1/s1. The van der Waals surface area contributed by atoms with Crippen LogP contribution >= 0.6 is 0 Å². The van der Waals surface area contributed by atoms with Gasteiger partial charge in [0.15, 0.2) is 0 Å². The number of aryl methyl sites for hydroxylation is 1. The minimum Gasteiger partial charge on any atom is -0.486 e. The first-order valence-electron chi connectivity index (χ1n) is 12.3. The first-order valence-corrected chi connectivity index (χ1v) is 12.3. The third-order valence-electron chi connectivity index (χ3n) is 7.10. The van der Waals surface area contributed by atoms with Crippen LogP contribution in [0.2, 0.25) is 0 Å². The molecule has 4 amide bonds. The fourth-order valence-electron chi connectivity index (χ4n) is 4.84. The number of amides is 4. The topological polar surface area (TPSA) is 91.0 Å². The molecule has 5 atom stereocenters. The molecule has 1 aromatic rings. The summed E-state index contributed by atoms with van der Waals surface area (Å²) in [5.41, 5.74) is 0.663. The largest absolute Gasteiger partial charge is 0.486 e. The molecule has 0 aliphatic carbocycles. The van der Waals surface area contributed by atoms with Gasteiger partial charge in [-0.25, -0.2) is 4.79 Å². The summed E-state index contributed by atoms with van der Waals surface area (Å²) in [6.45, 7) is 12.6. The summed E-state index contributed by atoms with van der Waals surface area (Å²) < 4.78 is 6.35. The van der Waals surface area contributed by atoms with Gasteiger partial charge in [-0.15, -0.1) is 0 Å². The highest BCUT2D eigenvalue weighted by Crippen LogP contribution is 2.36. The highest BCUT2D eigenvalue weighted by atomic mass is 16.5. The van der Waals surface area contributed by atoms with E-state index < -0.39 is 11.5 Å². The second-order valence-corrected chi connectivity index (χ2v) is 10.7. The van der Waals surface area contributed by atoms with Gasteiger partial charge in [-0.1, -0.05) is 52.3 Å². The van der Waals surface area contributed by atoms with Crippen molar-refractivity contribution in [1.29, 1.82) is 0 Å². The van der Waals surface area contributed by atoms with E-state index in [1.165, 1.54) is 0 Å². The lowest BCUT2D eigenvalue weighted by Crippen LogP contribution is -2.58. The number of carbonyl (C=O) groups excluding carboxylic acids is 3. The van der Waals surface area contributed by atoms with E-state index in [-0.39, 0.29) is 42.0 Å². The van der Waals surface area contributed by atoms with Crippen LogP contribution in [0.3, 0.4) is 0 Å². The summed E-state index contributed by atoms with van der Waals surface area (Å²) in [5, 5.41) is 5.73. The number of urea groups is 1. The van der Waals surface area contributed by atoms with Crippen LogP contribution in [0.15, 0.2) is 24.3 Å². The maximum Gasteiger partial charge on any atom is 0.317 e. The Bertz CT molecular complexity index is 895. The van der Waals surface area contributed by atoms with E-state index in [0.717, 1.165) is 5.56 Å². The Kier molecular flexibility index (Phi) is 7.78. The number of rotatable bonds is 6. The Labute approximate surface area is 203 Å². The van der Waals surface area contributed by atoms with Gasteiger partial charge in [0.25, 0.3) is 0 Å². The van der Waals surface area contributed by atoms with Crippen LogP contribution < -0.4 is 15.4 Å². The molecule has 0 spiro atoms. The smallest absolute Gasteiger partial charge is 0.317 e. The highest BCUT2D eigenvalue weighted by molar-refractivity contribution is 5.89. The molecule has 0 radical (unpaired) electrons. The molecule has 34 heavy (non-hydrogen) atoms. The van der Waals surface area contributed by atoms with Crippen molar-refractivity contribution < 1.29 is 19.1 Å². The van der Waals surface area contributed by atoms with Gasteiger partial charge < -0.3 is 25.2 Å². The molecule has 2 N–H and O–H groups in total. The Morgan fingerprint density at radius 3 is 2.35 bits per heavy atom. The Morgan fingerprint density at radius 2 is 1.79 bits per heavy atom. The van der Waals surface area contributed by atoms with Gasteiger partial charge in [0.05, 0.1) is 18.6 Å². The van der Waals surface area contributed by atoms with Gasteiger partial charge in [-0.05, 0) is 37.3 Å². The molecule has 0 saturated carbocycles. The Hall–Kier alpha value is -2.77. The van der Waals surface area contributed by atoms with Crippen molar-refractivity contribution in [2.45, 2.75) is 78.6 Å². The van der Waals surface area contributed by atoms with Crippen LogP contribution in [-0.4, -0.2) is 72.0 Å². The second kappa shape index (κ2) is 10.2. The molecule has 0 bridgehead atoms. The fourth-order valence-corrected chi connectivity index (χ4v) is 4.84. The van der Waals surface area contributed by atoms with Gasteiger partial charge in [0, 0.05) is 19.5 Å². The van der Waals surface area contributed by atoms with Crippen LogP contribution in [0.25, 0.3) is 0 Å². The lowest BCUT2D eigenvalue weighted by molar-refractivity contribution is -0.142. The molecule has 3 rings (SSSR count). The van der Waals surface area contributed by atoms with E-state index in [9.17, 15) is 14.4 Å². The lowest BCUT2D eigenvalue weighted by atomic mass is 9.85. The van der Waals surface area contributed by atoms with Gasteiger partial charge in [0.2, 0.25) is 11.8 Å². The zero-order chi connectivity index (χ0) is 25.2. The molecular weight excluding hydrogens is 432 g/mol. The number of fused-ring (bicyclic) bond motifs is 1. The van der Waals surface area contributed by atoms with Crippen LogP contribution in [0.1, 0.15) is 53.0 Å². The van der Waals surface area contributed by atoms with Crippen molar-refractivity contribution in [2.24, 2.45) is 11.3 Å². The first kappa shape index (κ1) is 25.8. The van der Waals surface area contributed by atoms with E-state index in [1.807, 2.05) is 70.7 Å². The molecule has 188 valence electrons. The first-order chi connectivity index (χ1) is 16.0. The van der Waals surface area contributed by atoms with Gasteiger partial charge >= 0.3 is 6.03 Å². The lowest BCUT2D eigenvalue weighted by Gasteiger charge is -2.37. The number of nitrogens with one attached hydrogen (secondary N) is 2. The molecule has 2 saturated heterocycles. The normalized spacial score (nSPS) is 23.8. The van der Waals surface area contributed by atoms with Crippen molar-refractivity contribution >= 4 is 17.8 Å². The number of likely N-dealkylation sites (tertiary alicyclic amines) is 2. The van der Waals surface area contributed by atoms with E-state index in [1.54, 1.807) is 11.9 Å². The van der Waals surface area contributed by atoms with Crippen LogP contribution in [-0.2, 0) is 9.59 Å². The summed E-state index contributed by atoms with van der Waals surface area (Å²) >= 11 is 0.